The fourth-order valence-electron chi connectivity index (χ4n) is 1.20. The Bertz CT molecular complexity index is 464. The number of aromatic amines is 1. The van der Waals surface area contributed by atoms with Crippen LogP contribution in [-0.2, 0) is 0 Å². The van der Waals surface area contributed by atoms with Crippen LogP contribution in [0.4, 0.5) is 0 Å². The molecule has 2 aromatic rings. The summed E-state index contributed by atoms with van der Waals surface area (Å²) in [5, 5.41) is 0. The van der Waals surface area contributed by atoms with Gasteiger partial charge in [0, 0.05) is 18.6 Å². The standard InChI is InChI=1S/C10H10N4/c1-3-8-7-12-9(13-8)10-11-5-6-14(10)4-2/h3-7H,1-2H2,(H,12,13). The van der Waals surface area contributed by atoms with E-state index < -0.39 is 0 Å². The van der Waals surface area contributed by atoms with Gasteiger partial charge in [-0.05, 0) is 6.08 Å². The summed E-state index contributed by atoms with van der Waals surface area (Å²) >= 11 is 0. The number of rotatable bonds is 3. The van der Waals surface area contributed by atoms with Gasteiger partial charge in [-0.1, -0.05) is 13.2 Å². The number of aromatic nitrogens is 4. The van der Waals surface area contributed by atoms with Crippen molar-refractivity contribution in [2.45, 2.75) is 0 Å². The molecule has 0 spiro atoms. The largest absolute Gasteiger partial charge is 0.336 e. The molecule has 0 aliphatic carbocycles. The van der Waals surface area contributed by atoms with Crippen LogP contribution in [-0.4, -0.2) is 19.5 Å². The van der Waals surface area contributed by atoms with Crippen molar-refractivity contribution in [2.75, 3.05) is 0 Å². The molecule has 4 heteroatoms. The Kier molecular flexibility index (Phi) is 2.02. The van der Waals surface area contributed by atoms with Gasteiger partial charge < -0.3 is 9.55 Å². The Morgan fingerprint density at radius 1 is 1.36 bits per heavy atom. The summed E-state index contributed by atoms with van der Waals surface area (Å²) in [6.45, 7) is 7.33. The van der Waals surface area contributed by atoms with E-state index in [1.165, 1.54) is 0 Å². The van der Waals surface area contributed by atoms with Crippen molar-refractivity contribution in [3.05, 3.63) is 37.4 Å². The number of hydrogen-bond acceptors (Lipinski definition) is 2. The first-order valence-electron chi connectivity index (χ1n) is 4.18. The average molecular weight is 186 g/mol. The lowest BCUT2D eigenvalue weighted by Crippen LogP contribution is -1.91. The van der Waals surface area contributed by atoms with Crippen LogP contribution in [0.5, 0.6) is 0 Å². The molecule has 0 atom stereocenters. The van der Waals surface area contributed by atoms with Gasteiger partial charge in [0.25, 0.3) is 0 Å². The third kappa shape index (κ3) is 1.26. The SMILES string of the molecule is C=Cc1cnc(-c2nccn2C=C)[nH]1. The molecule has 0 radical (unpaired) electrons. The van der Waals surface area contributed by atoms with Crippen LogP contribution in [0.3, 0.4) is 0 Å². The van der Waals surface area contributed by atoms with Crippen molar-refractivity contribution < 1.29 is 0 Å². The minimum absolute atomic E-state index is 0.713. The molecule has 4 nitrogen and oxygen atoms in total. The molecule has 2 heterocycles. The molecular weight excluding hydrogens is 176 g/mol. The monoisotopic (exact) mass is 186 g/mol. The molecular formula is C10H10N4. The van der Waals surface area contributed by atoms with Gasteiger partial charge in [-0.2, -0.15) is 0 Å². The second kappa shape index (κ2) is 3.33. The van der Waals surface area contributed by atoms with Crippen molar-refractivity contribution >= 4 is 12.3 Å². The predicted octanol–water partition coefficient (Wildman–Crippen LogP) is 2.02. The van der Waals surface area contributed by atoms with Gasteiger partial charge in [-0.25, -0.2) is 9.97 Å². The minimum atomic E-state index is 0.713. The molecule has 2 aromatic heterocycles. The van der Waals surface area contributed by atoms with E-state index in [9.17, 15) is 0 Å². The summed E-state index contributed by atoms with van der Waals surface area (Å²) in [4.78, 5) is 11.4. The maximum absolute atomic E-state index is 4.18. The molecule has 0 bridgehead atoms. The first-order chi connectivity index (χ1) is 6.85. The van der Waals surface area contributed by atoms with E-state index >= 15 is 0 Å². The quantitative estimate of drug-likeness (QED) is 0.797. The second-order valence-corrected chi connectivity index (χ2v) is 2.73. The van der Waals surface area contributed by atoms with Crippen LogP contribution in [0.25, 0.3) is 23.9 Å². The number of H-pyrrole nitrogens is 1. The van der Waals surface area contributed by atoms with Gasteiger partial charge in [0.15, 0.2) is 11.6 Å². The summed E-state index contributed by atoms with van der Waals surface area (Å²) in [5.41, 5.74) is 0.874. The Labute approximate surface area is 81.6 Å². The fraction of sp³-hybridized carbons (Fsp3) is 0. The van der Waals surface area contributed by atoms with Gasteiger partial charge >= 0.3 is 0 Å². The lowest BCUT2D eigenvalue weighted by Gasteiger charge is -1.96. The van der Waals surface area contributed by atoms with Crippen LogP contribution in [0, 0.1) is 0 Å². The zero-order chi connectivity index (χ0) is 9.97. The number of nitrogens with one attached hydrogen (secondary N) is 1. The molecule has 0 fully saturated rings. The van der Waals surface area contributed by atoms with Gasteiger partial charge in [0.05, 0.1) is 11.9 Å². The topological polar surface area (TPSA) is 46.5 Å². The second-order valence-electron chi connectivity index (χ2n) is 2.73. The fourth-order valence-corrected chi connectivity index (χ4v) is 1.20. The predicted molar refractivity (Wildman–Crippen MR) is 56.3 cm³/mol. The van der Waals surface area contributed by atoms with Crippen LogP contribution in [0.15, 0.2) is 31.7 Å². The average Bonchev–Trinajstić information content (AvgIpc) is 2.85. The summed E-state index contributed by atoms with van der Waals surface area (Å²) < 4.78 is 1.80. The van der Waals surface area contributed by atoms with Crippen molar-refractivity contribution in [3.63, 3.8) is 0 Å². The molecule has 0 saturated heterocycles. The lowest BCUT2D eigenvalue weighted by molar-refractivity contribution is 1.10. The van der Waals surface area contributed by atoms with E-state index in [0.717, 1.165) is 11.5 Å². The molecule has 70 valence electrons. The van der Waals surface area contributed by atoms with E-state index in [-0.39, 0.29) is 0 Å². The van der Waals surface area contributed by atoms with E-state index in [2.05, 4.69) is 28.1 Å². The van der Waals surface area contributed by atoms with Gasteiger partial charge in [0.2, 0.25) is 0 Å². The molecule has 0 aliphatic heterocycles. The summed E-state index contributed by atoms with van der Waals surface area (Å²) in [6, 6.07) is 0. The third-order valence-electron chi connectivity index (χ3n) is 1.89. The third-order valence-corrected chi connectivity index (χ3v) is 1.89. The zero-order valence-corrected chi connectivity index (χ0v) is 7.64. The highest BCUT2D eigenvalue weighted by molar-refractivity contribution is 5.52. The van der Waals surface area contributed by atoms with Crippen LogP contribution in [0.2, 0.25) is 0 Å². The van der Waals surface area contributed by atoms with Crippen molar-refractivity contribution in [2.24, 2.45) is 0 Å². The molecule has 0 saturated carbocycles. The smallest absolute Gasteiger partial charge is 0.180 e. The van der Waals surface area contributed by atoms with E-state index in [1.807, 2.05) is 6.20 Å². The number of nitrogens with zero attached hydrogens (tertiary/aromatic N) is 3. The maximum atomic E-state index is 4.18. The Morgan fingerprint density at radius 2 is 2.21 bits per heavy atom. The highest BCUT2D eigenvalue weighted by Gasteiger charge is 2.06. The van der Waals surface area contributed by atoms with E-state index in [1.54, 1.807) is 29.2 Å². The van der Waals surface area contributed by atoms with Gasteiger partial charge in [-0.15, -0.1) is 0 Å². The first-order valence-corrected chi connectivity index (χ1v) is 4.18. The maximum Gasteiger partial charge on any atom is 0.180 e. The van der Waals surface area contributed by atoms with Crippen LogP contribution < -0.4 is 0 Å². The van der Waals surface area contributed by atoms with Gasteiger partial charge in [-0.3, -0.25) is 0 Å². The van der Waals surface area contributed by atoms with Crippen molar-refractivity contribution in [1.82, 2.24) is 19.5 Å². The minimum Gasteiger partial charge on any atom is -0.336 e. The van der Waals surface area contributed by atoms with Crippen LogP contribution in [0.1, 0.15) is 5.69 Å². The van der Waals surface area contributed by atoms with Crippen molar-refractivity contribution in [3.8, 4) is 11.6 Å². The molecule has 0 aromatic carbocycles. The number of hydrogen-bond donors (Lipinski definition) is 1. The molecule has 2 rings (SSSR count). The van der Waals surface area contributed by atoms with Gasteiger partial charge in [0.1, 0.15) is 0 Å². The zero-order valence-electron chi connectivity index (χ0n) is 7.64. The summed E-state index contributed by atoms with van der Waals surface area (Å²) in [7, 11) is 0. The summed E-state index contributed by atoms with van der Waals surface area (Å²) in [5.74, 6) is 1.46. The first kappa shape index (κ1) is 8.50. The van der Waals surface area contributed by atoms with E-state index in [4.69, 9.17) is 0 Å². The Morgan fingerprint density at radius 3 is 2.86 bits per heavy atom. The Hall–Kier alpha value is -2.10. The number of imidazole rings is 2. The highest BCUT2D eigenvalue weighted by Crippen LogP contribution is 2.13. The molecule has 1 N–H and O–H groups in total. The molecule has 14 heavy (non-hydrogen) atoms. The van der Waals surface area contributed by atoms with E-state index in [0.29, 0.717) is 5.82 Å². The van der Waals surface area contributed by atoms with Crippen molar-refractivity contribution in [1.29, 1.82) is 0 Å². The highest BCUT2D eigenvalue weighted by atomic mass is 15.1. The Balaban J connectivity index is 2.48. The molecule has 0 aliphatic rings. The van der Waals surface area contributed by atoms with Crippen LogP contribution >= 0.6 is 0 Å². The lowest BCUT2D eigenvalue weighted by atomic mass is 10.5. The molecule has 0 unspecified atom stereocenters. The summed E-state index contributed by atoms with van der Waals surface area (Å²) in [6.07, 6.45) is 8.62. The molecule has 0 amide bonds. The normalized spacial score (nSPS) is 10.0.